The molecule has 1 aliphatic heterocycles. The normalized spacial score (nSPS) is 17.1. The first-order valence-electron chi connectivity index (χ1n) is 9.28. The number of aliphatic imine (C=N–C) groups is 1. The lowest BCUT2D eigenvalue weighted by molar-refractivity contribution is 0.184. The molecule has 1 N–H and O–H groups in total. The maximum absolute atomic E-state index is 5.31. The molecule has 6 nitrogen and oxygen atoms in total. The van der Waals surface area contributed by atoms with E-state index in [4.69, 9.17) is 9.73 Å². The van der Waals surface area contributed by atoms with Gasteiger partial charge in [0, 0.05) is 45.9 Å². The van der Waals surface area contributed by atoms with E-state index < -0.39 is 0 Å². The topological polar surface area (TPSA) is 54.7 Å². The number of likely N-dealkylation sites (tertiary alicyclic amines) is 1. The van der Waals surface area contributed by atoms with Gasteiger partial charge in [0.05, 0.1) is 19.3 Å². The molecular formula is C20H30IN5O. The van der Waals surface area contributed by atoms with Crippen LogP contribution in [-0.2, 0) is 24.9 Å². The summed E-state index contributed by atoms with van der Waals surface area (Å²) < 4.78 is 7.18. The summed E-state index contributed by atoms with van der Waals surface area (Å²) in [7, 11) is 3.70. The molecule has 0 saturated carbocycles. The molecule has 1 aromatic heterocycles. The zero-order chi connectivity index (χ0) is 18.4. The summed E-state index contributed by atoms with van der Waals surface area (Å²) >= 11 is 0. The molecule has 27 heavy (non-hydrogen) atoms. The van der Waals surface area contributed by atoms with Crippen molar-refractivity contribution in [3.05, 3.63) is 53.3 Å². The highest BCUT2D eigenvalue weighted by Crippen LogP contribution is 2.26. The Morgan fingerprint density at radius 3 is 2.78 bits per heavy atom. The number of rotatable bonds is 6. The molecular weight excluding hydrogens is 453 g/mol. The second kappa shape index (κ2) is 10.7. The van der Waals surface area contributed by atoms with Gasteiger partial charge in [0.15, 0.2) is 5.96 Å². The van der Waals surface area contributed by atoms with E-state index in [2.05, 4.69) is 46.6 Å². The van der Waals surface area contributed by atoms with Crippen LogP contribution in [0.5, 0.6) is 0 Å². The van der Waals surface area contributed by atoms with Crippen molar-refractivity contribution in [1.29, 1.82) is 0 Å². The first kappa shape index (κ1) is 21.7. The summed E-state index contributed by atoms with van der Waals surface area (Å²) in [5, 5.41) is 7.76. The van der Waals surface area contributed by atoms with Crippen LogP contribution in [0, 0.1) is 0 Å². The highest BCUT2D eigenvalue weighted by molar-refractivity contribution is 14.0. The maximum Gasteiger partial charge on any atom is 0.194 e. The van der Waals surface area contributed by atoms with Crippen molar-refractivity contribution in [3.8, 4) is 0 Å². The number of methoxy groups -OCH3 is 1. The summed E-state index contributed by atoms with van der Waals surface area (Å²) in [6.07, 6.45) is 5.24. The predicted octanol–water partition coefficient (Wildman–Crippen LogP) is 3.14. The summed E-state index contributed by atoms with van der Waals surface area (Å²) in [6, 6.07) is 8.34. The molecule has 148 valence electrons. The standard InChI is InChI=1S/C20H29N5O.HI/c1-4-21-20(22-11-16-7-5-6-8-18(16)15-26-3)25-10-9-17(14-25)19-12-23-24(2)13-19;/h5-8,12-13,17H,4,9-11,14-15H2,1-3H3,(H,21,22);1H. The average Bonchev–Trinajstić information content (AvgIpc) is 3.29. The Kier molecular flexibility index (Phi) is 8.56. The van der Waals surface area contributed by atoms with E-state index in [0.29, 0.717) is 19.1 Å². The van der Waals surface area contributed by atoms with Gasteiger partial charge in [-0.3, -0.25) is 4.68 Å². The number of aryl methyl sites for hydroxylation is 1. The molecule has 1 atom stereocenters. The monoisotopic (exact) mass is 483 g/mol. The molecule has 1 saturated heterocycles. The fourth-order valence-electron chi connectivity index (χ4n) is 3.47. The molecule has 0 aliphatic carbocycles. The van der Waals surface area contributed by atoms with Crippen LogP contribution in [0.2, 0.25) is 0 Å². The van der Waals surface area contributed by atoms with Crippen molar-refractivity contribution < 1.29 is 4.74 Å². The smallest absolute Gasteiger partial charge is 0.194 e. The Labute approximate surface area is 179 Å². The molecule has 0 spiro atoms. The average molecular weight is 483 g/mol. The number of guanidine groups is 1. The Bertz CT molecular complexity index is 745. The SMILES string of the molecule is CCNC(=NCc1ccccc1COC)N1CCC(c2cnn(C)c2)C1.I. The van der Waals surface area contributed by atoms with E-state index in [-0.39, 0.29) is 24.0 Å². The minimum absolute atomic E-state index is 0. The molecule has 0 radical (unpaired) electrons. The number of nitrogens with zero attached hydrogens (tertiary/aromatic N) is 4. The van der Waals surface area contributed by atoms with Gasteiger partial charge < -0.3 is 15.0 Å². The van der Waals surface area contributed by atoms with Crippen molar-refractivity contribution in [2.45, 2.75) is 32.4 Å². The predicted molar refractivity (Wildman–Crippen MR) is 120 cm³/mol. The zero-order valence-electron chi connectivity index (χ0n) is 16.4. The van der Waals surface area contributed by atoms with Gasteiger partial charge in [0.1, 0.15) is 0 Å². The van der Waals surface area contributed by atoms with Crippen LogP contribution < -0.4 is 5.32 Å². The Morgan fingerprint density at radius 2 is 2.11 bits per heavy atom. The van der Waals surface area contributed by atoms with Gasteiger partial charge in [-0.1, -0.05) is 24.3 Å². The van der Waals surface area contributed by atoms with Gasteiger partial charge in [0.25, 0.3) is 0 Å². The van der Waals surface area contributed by atoms with Crippen molar-refractivity contribution in [2.75, 3.05) is 26.7 Å². The van der Waals surface area contributed by atoms with E-state index in [1.54, 1.807) is 7.11 Å². The zero-order valence-corrected chi connectivity index (χ0v) is 18.7. The first-order valence-corrected chi connectivity index (χ1v) is 9.28. The van der Waals surface area contributed by atoms with E-state index in [0.717, 1.165) is 32.0 Å². The minimum Gasteiger partial charge on any atom is -0.380 e. The van der Waals surface area contributed by atoms with E-state index in [1.807, 2.05) is 24.0 Å². The first-order chi connectivity index (χ1) is 12.7. The molecule has 7 heteroatoms. The van der Waals surface area contributed by atoms with Crippen LogP contribution in [0.3, 0.4) is 0 Å². The summed E-state index contributed by atoms with van der Waals surface area (Å²) in [4.78, 5) is 7.26. The molecule has 3 rings (SSSR count). The second-order valence-corrected chi connectivity index (χ2v) is 6.75. The number of aromatic nitrogens is 2. The third-order valence-electron chi connectivity index (χ3n) is 4.84. The molecule has 0 amide bonds. The second-order valence-electron chi connectivity index (χ2n) is 6.75. The third-order valence-corrected chi connectivity index (χ3v) is 4.84. The summed E-state index contributed by atoms with van der Waals surface area (Å²) in [6.45, 7) is 6.27. The molecule has 2 aromatic rings. The molecule has 1 aromatic carbocycles. The van der Waals surface area contributed by atoms with Gasteiger partial charge in [-0.15, -0.1) is 24.0 Å². The summed E-state index contributed by atoms with van der Waals surface area (Å²) in [5.41, 5.74) is 3.73. The largest absolute Gasteiger partial charge is 0.380 e. The fraction of sp³-hybridized carbons (Fsp3) is 0.500. The quantitative estimate of drug-likeness (QED) is 0.390. The molecule has 0 bridgehead atoms. The van der Waals surface area contributed by atoms with Gasteiger partial charge in [-0.2, -0.15) is 5.10 Å². The maximum atomic E-state index is 5.31. The summed E-state index contributed by atoms with van der Waals surface area (Å²) in [5.74, 6) is 1.51. The van der Waals surface area contributed by atoms with Crippen LogP contribution in [0.1, 0.15) is 36.0 Å². The molecule has 1 aliphatic rings. The third kappa shape index (κ3) is 5.68. The van der Waals surface area contributed by atoms with Crippen LogP contribution in [-0.4, -0.2) is 47.4 Å². The van der Waals surface area contributed by atoms with Gasteiger partial charge in [-0.25, -0.2) is 4.99 Å². The Morgan fingerprint density at radius 1 is 1.33 bits per heavy atom. The van der Waals surface area contributed by atoms with Crippen molar-refractivity contribution >= 4 is 29.9 Å². The van der Waals surface area contributed by atoms with Crippen molar-refractivity contribution in [1.82, 2.24) is 20.0 Å². The van der Waals surface area contributed by atoms with Gasteiger partial charge in [0.2, 0.25) is 0 Å². The van der Waals surface area contributed by atoms with Crippen LogP contribution in [0.4, 0.5) is 0 Å². The molecule has 1 fully saturated rings. The number of hydrogen-bond acceptors (Lipinski definition) is 3. The number of benzene rings is 1. The number of hydrogen-bond donors (Lipinski definition) is 1. The lowest BCUT2D eigenvalue weighted by atomic mass is 10.0. The van der Waals surface area contributed by atoms with Crippen molar-refractivity contribution in [2.24, 2.45) is 12.0 Å². The highest BCUT2D eigenvalue weighted by Gasteiger charge is 2.26. The van der Waals surface area contributed by atoms with Gasteiger partial charge in [-0.05, 0) is 30.0 Å². The number of halogens is 1. The number of nitrogens with one attached hydrogen (secondary N) is 1. The van der Waals surface area contributed by atoms with Crippen LogP contribution >= 0.6 is 24.0 Å². The Balaban J connectivity index is 0.00000261. The van der Waals surface area contributed by atoms with Crippen LogP contribution in [0.15, 0.2) is 41.7 Å². The minimum atomic E-state index is 0. The Hall–Kier alpha value is -1.61. The van der Waals surface area contributed by atoms with E-state index >= 15 is 0 Å². The fourth-order valence-corrected chi connectivity index (χ4v) is 3.47. The molecule has 1 unspecified atom stereocenters. The van der Waals surface area contributed by atoms with E-state index in [1.165, 1.54) is 16.7 Å². The molecule has 2 heterocycles. The highest BCUT2D eigenvalue weighted by atomic mass is 127. The van der Waals surface area contributed by atoms with E-state index in [9.17, 15) is 0 Å². The van der Waals surface area contributed by atoms with Crippen LogP contribution in [0.25, 0.3) is 0 Å². The number of ether oxygens (including phenoxy) is 1. The lowest BCUT2D eigenvalue weighted by Crippen LogP contribution is -2.40. The lowest BCUT2D eigenvalue weighted by Gasteiger charge is -2.21. The van der Waals surface area contributed by atoms with Crippen molar-refractivity contribution in [3.63, 3.8) is 0 Å². The van der Waals surface area contributed by atoms with Gasteiger partial charge >= 0.3 is 0 Å².